The van der Waals surface area contributed by atoms with Gasteiger partial charge in [0, 0.05) is 23.2 Å². The van der Waals surface area contributed by atoms with Gasteiger partial charge in [0.05, 0.1) is 5.75 Å². The quantitative estimate of drug-likeness (QED) is 0.755. The van der Waals surface area contributed by atoms with E-state index in [1.807, 2.05) is 18.3 Å². The molecule has 0 atom stereocenters. The first kappa shape index (κ1) is 14.8. The van der Waals surface area contributed by atoms with Gasteiger partial charge in [0.2, 0.25) is 0 Å². The van der Waals surface area contributed by atoms with E-state index >= 15 is 0 Å². The van der Waals surface area contributed by atoms with Gasteiger partial charge in [-0.2, -0.15) is 0 Å². The number of aryl methyl sites for hydroxylation is 2. The second kappa shape index (κ2) is 7.25. The minimum Gasteiger partial charge on any atom is -0.298 e. The Bertz CT molecular complexity index is 561. The predicted molar refractivity (Wildman–Crippen MR) is 84.2 cm³/mol. The number of rotatable bonds is 6. The molecular weight excluding hydrogens is 266 g/mol. The molecule has 2 rings (SSSR count). The number of hydrogen-bond acceptors (Lipinski definition) is 3. The lowest BCUT2D eigenvalue weighted by molar-refractivity contribution is -0.116. The van der Waals surface area contributed by atoms with E-state index in [-0.39, 0.29) is 5.78 Å². The highest BCUT2D eigenvalue weighted by atomic mass is 32.2. The lowest BCUT2D eigenvalue weighted by atomic mass is 10.1. The minimum absolute atomic E-state index is 0.215. The first-order chi connectivity index (χ1) is 9.67. The Kier molecular flexibility index (Phi) is 5.36. The molecule has 0 saturated heterocycles. The number of nitrogens with zero attached hydrogens (tertiary/aromatic N) is 1. The number of thioether (sulfide) groups is 1. The maximum Gasteiger partial charge on any atom is 0.149 e. The third-order valence-corrected chi connectivity index (χ3v) is 4.17. The first-order valence-corrected chi connectivity index (χ1v) is 7.81. The second-order valence-corrected chi connectivity index (χ2v) is 5.88. The average molecular weight is 285 g/mol. The van der Waals surface area contributed by atoms with Crippen LogP contribution in [0.3, 0.4) is 0 Å². The van der Waals surface area contributed by atoms with Gasteiger partial charge in [-0.1, -0.05) is 30.7 Å². The molecule has 0 aliphatic carbocycles. The van der Waals surface area contributed by atoms with Gasteiger partial charge < -0.3 is 0 Å². The Morgan fingerprint density at radius 1 is 1.15 bits per heavy atom. The van der Waals surface area contributed by atoms with Crippen molar-refractivity contribution >= 4 is 17.5 Å². The van der Waals surface area contributed by atoms with Gasteiger partial charge in [-0.15, -0.1) is 11.8 Å². The standard InChI is InChI=1S/C17H19NOS/c1-3-14-6-7-15(18-11-14)10-16(19)12-20-17-8-4-13(2)5-9-17/h4-9,11H,3,10,12H2,1-2H3. The molecule has 0 unspecified atom stereocenters. The zero-order valence-corrected chi connectivity index (χ0v) is 12.7. The highest BCUT2D eigenvalue weighted by molar-refractivity contribution is 8.00. The number of benzene rings is 1. The van der Waals surface area contributed by atoms with Crippen LogP contribution < -0.4 is 0 Å². The molecule has 0 radical (unpaired) electrons. The van der Waals surface area contributed by atoms with Gasteiger partial charge in [0.25, 0.3) is 0 Å². The fourth-order valence-electron chi connectivity index (χ4n) is 1.82. The van der Waals surface area contributed by atoms with Crippen LogP contribution in [0.15, 0.2) is 47.5 Å². The Balaban J connectivity index is 1.84. The SMILES string of the molecule is CCc1ccc(CC(=O)CSc2ccc(C)cc2)nc1. The largest absolute Gasteiger partial charge is 0.298 e. The molecule has 1 aromatic carbocycles. The molecule has 3 heteroatoms. The molecule has 1 aromatic heterocycles. The third kappa shape index (κ3) is 4.49. The van der Waals surface area contributed by atoms with E-state index in [4.69, 9.17) is 0 Å². The van der Waals surface area contributed by atoms with Crippen molar-refractivity contribution in [3.63, 3.8) is 0 Å². The number of ketones is 1. The van der Waals surface area contributed by atoms with Crippen LogP contribution in [0.25, 0.3) is 0 Å². The van der Waals surface area contributed by atoms with Crippen LogP contribution in [0.4, 0.5) is 0 Å². The van der Waals surface area contributed by atoms with E-state index in [9.17, 15) is 4.79 Å². The Morgan fingerprint density at radius 3 is 2.50 bits per heavy atom. The van der Waals surface area contributed by atoms with Gasteiger partial charge in [-0.05, 0) is 37.1 Å². The van der Waals surface area contributed by atoms with Crippen LogP contribution in [0.5, 0.6) is 0 Å². The van der Waals surface area contributed by atoms with Crippen molar-refractivity contribution in [1.29, 1.82) is 0 Å². The van der Waals surface area contributed by atoms with E-state index in [0.717, 1.165) is 17.0 Å². The van der Waals surface area contributed by atoms with Crippen molar-refractivity contribution in [3.05, 3.63) is 59.4 Å². The van der Waals surface area contributed by atoms with Crippen molar-refractivity contribution in [2.24, 2.45) is 0 Å². The van der Waals surface area contributed by atoms with Gasteiger partial charge in [0.15, 0.2) is 0 Å². The molecular formula is C17H19NOS. The summed E-state index contributed by atoms with van der Waals surface area (Å²) in [5.41, 5.74) is 3.30. The molecule has 1 heterocycles. The molecule has 2 aromatic rings. The third-order valence-electron chi connectivity index (χ3n) is 3.09. The lowest BCUT2D eigenvalue weighted by Gasteiger charge is -2.03. The van der Waals surface area contributed by atoms with Crippen molar-refractivity contribution < 1.29 is 4.79 Å². The number of carbonyl (C=O) groups excluding carboxylic acids is 1. The fraction of sp³-hybridized carbons (Fsp3) is 0.294. The van der Waals surface area contributed by atoms with Gasteiger partial charge in [-0.25, -0.2) is 0 Å². The molecule has 0 aliphatic heterocycles. The Labute approximate surface area is 124 Å². The van der Waals surface area contributed by atoms with E-state index in [1.54, 1.807) is 11.8 Å². The van der Waals surface area contributed by atoms with Gasteiger partial charge in [-0.3, -0.25) is 9.78 Å². The smallest absolute Gasteiger partial charge is 0.149 e. The highest BCUT2D eigenvalue weighted by Crippen LogP contribution is 2.18. The summed E-state index contributed by atoms with van der Waals surface area (Å²) in [6.45, 7) is 4.16. The molecule has 0 amide bonds. The zero-order valence-electron chi connectivity index (χ0n) is 11.9. The predicted octanol–water partition coefficient (Wildman–Crippen LogP) is 3.86. The van der Waals surface area contributed by atoms with Crippen LogP contribution in [-0.4, -0.2) is 16.5 Å². The lowest BCUT2D eigenvalue weighted by Crippen LogP contribution is -2.07. The summed E-state index contributed by atoms with van der Waals surface area (Å²) in [5, 5.41) is 0. The summed E-state index contributed by atoms with van der Waals surface area (Å²) in [6, 6.07) is 12.2. The van der Waals surface area contributed by atoms with E-state index < -0.39 is 0 Å². The summed E-state index contributed by atoms with van der Waals surface area (Å²) >= 11 is 1.59. The topological polar surface area (TPSA) is 30.0 Å². The first-order valence-electron chi connectivity index (χ1n) is 6.82. The molecule has 0 aliphatic rings. The molecule has 0 fully saturated rings. The van der Waals surface area contributed by atoms with Crippen LogP contribution in [0.2, 0.25) is 0 Å². The summed E-state index contributed by atoms with van der Waals surface area (Å²) in [7, 11) is 0. The molecule has 2 nitrogen and oxygen atoms in total. The Hall–Kier alpha value is -1.61. The van der Waals surface area contributed by atoms with Crippen molar-refractivity contribution in [2.75, 3.05) is 5.75 Å². The molecule has 0 bridgehead atoms. The monoisotopic (exact) mass is 285 g/mol. The molecule has 0 saturated carbocycles. The molecule has 0 spiro atoms. The average Bonchev–Trinajstić information content (AvgIpc) is 2.47. The van der Waals surface area contributed by atoms with Crippen LogP contribution in [0.1, 0.15) is 23.7 Å². The van der Waals surface area contributed by atoms with Crippen LogP contribution in [-0.2, 0) is 17.6 Å². The van der Waals surface area contributed by atoms with E-state index in [1.165, 1.54) is 11.1 Å². The Morgan fingerprint density at radius 2 is 1.90 bits per heavy atom. The normalized spacial score (nSPS) is 10.5. The number of carbonyl (C=O) groups is 1. The number of pyridine rings is 1. The van der Waals surface area contributed by atoms with Crippen molar-refractivity contribution in [1.82, 2.24) is 4.98 Å². The summed E-state index contributed by atoms with van der Waals surface area (Å²) in [6.07, 6.45) is 3.25. The second-order valence-electron chi connectivity index (χ2n) is 4.83. The molecule has 20 heavy (non-hydrogen) atoms. The molecule has 104 valence electrons. The van der Waals surface area contributed by atoms with E-state index in [2.05, 4.69) is 43.1 Å². The zero-order chi connectivity index (χ0) is 14.4. The molecule has 0 N–H and O–H groups in total. The van der Waals surface area contributed by atoms with Crippen LogP contribution >= 0.6 is 11.8 Å². The maximum atomic E-state index is 11.9. The highest BCUT2D eigenvalue weighted by Gasteiger charge is 2.06. The number of hydrogen-bond donors (Lipinski definition) is 0. The number of aromatic nitrogens is 1. The summed E-state index contributed by atoms with van der Waals surface area (Å²) < 4.78 is 0. The van der Waals surface area contributed by atoms with Crippen molar-refractivity contribution in [3.8, 4) is 0 Å². The van der Waals surface area contributed by atoms with Crippen LogP contribution in [0, 0.1) is 6.92 Å². The minimum atomic E-state index is 0.215. The van der Waals surface area contributed by atoms with E-state index in [0.29, 0.717) is 12.2 Å². The maximum absolute atomic E-state index is 11.9. The summed E-state index contributed by atoms with van der Waals surface area (Å²) in [5.74, 6) is 0.715. The van der Waals surface area contributed by atoms with Crippen molar-refractivity contribution in [2.45, 2.75) is 31.6 Å². The number of Topliss-reactive ketones (excluding diaryl/α,β-unsaturated/α-hetero) is 1. The summed E-state index contributed by atoms with van der Waals surface area (Å²) in [4.78, 5) is 17.4. The van der Waals surface area contributed by atoms with Gasteiger partial charge >= 0.3 is 0 Å². The van der Waals surface area contributed by atoms with Gasteiger partial charge in [0.1, 0.15) is 5.78 Å². The fourth-order valence-corrected chi connectivity index (χ4v) is 2.58.